The Morgan fingerprint density at radius 3 is 2.67 bits per heavy atom. The molecule has 0 spiro atoms. The molecule has 148 valence electrons. The predicted molar refractivity (Wildman–Crippen MR) is 122 cm³/mol. The maximum absolute atomic E-state index is 5.46. The summed E-state index contributed by atoms with van der Waals surface area (Å²) in [7, 11) is 1.80. The Bertz CT molecular complexity index is 754. The zero-order valence-corrected chi connectivity index (χ0v) is 18.7. The van der Waals surface area contributed by atoms with E-state index in [1.807, 2.05) is 24.4 Å². The van der Waals surface area contributed by atoms with E-state index in [4.69, 9.17) is 4.74 Å². The first-order chi connectivity index (χ1) is 12.6. The highest BCUT2D eigenvalue weighted by atomic mass is 127. The number of aliphatic imine (C=N–C) groups is 1. The number of guanidine groups is 1. The molecule has 27 heavy (non-hydrogen) atoms. The molecule has 0 unspecified atom stereocenters. The summed E-state index contributed by atoms with van der Waals surface area (Å²) in [6.07, 6.45) is 1.86. The van der Waals surface area contributed by atoms with Crippen LogP contribution in [0, 0.1) is 0 Å². The Kier molecular flexibility index (Phi) is 8.25. The Hall–Kier alpha value is -1.45. The van der Waals surface area contributed by atoms with Gasteiger partial charge in [-0.05, 0) is 25.3 Å². The molecule has 1 aliphatic rings. The van der Waals surface area contributed by atoms with Crippen LogP contribution in [0.1, 0.15) is 19.5 Å². The lowest BCUT2D eigenvalue weighted by Gasteiger charge is -2.41. The average Bonchev–Trinajstić information content (AvgIpc) is 2.69. The summed E-state index contributed by atoms with van der Waals surface area (Å²) in [5.74, 6) is 0.793. The molecule has 2 N–H and O–H groups in total. The van der Waals surface area contributed by atoms with E-state index in [2.05, 4.69) is 51.5 Å². The molecular weight excluding hydrogens is 453 g/mol. The van der Waals surface area contributed by atoms with E-state index in [-0.39, 0.29) is 29.5 Å². The van der Waals surface area contributed by atoms with Crippen LogP contribution in [0.5, 0.6) is 0 Å². The van der Waals surface area contributed by atoms with E-state index < -0.39 is 0 Å². The minimum absolute atomic E-state index is 0. The number of nitrogens with zero attached hydrogens (tertiary/aromatic N) is 3. The fraction of sp³-hybridized carbons (Fsp3) is 0.500. The average molecular weight is 483 g/mol. The van der Waals surface area contributed by atoms with Gasteiger partial charge >= 0.3 is 0 Å². The largest absolute Gasteiger partial charge is 0.379 e. The number of benzene rings is 1. The first-order valence-electron chi connectivity index (χ1n) is 9.20. The number of nitrogens with one attached hydrogen (secondary N) is 2. The maximum atomic E-state index is 5.46. The second-order valence-electron chi connectivity index (χ2n) is 7.17. The van der Waals surface area contributed by atoms with Crippen molar-refractivity contribution in [1.82, 2.24) is 20.5 Å². The lowest BCUT2D eigenvalue weighted by atomic mass is 10.0. The third kappa shape index (κ3) is 5.76. The van der Waals surface area contributed by atoms with E-state index in [1.165, 1.54) is 10.8 Å². The summed E-state index contributed by atoms with van der Waals surface area (Å²) in [5, 5.41) is 9.22. The minimum atomic E-state index is 0. The number of aromatic nitrogens is 1. The molecule has 7 heteroatoms. The van der Waals surface area contributed by atoms with Gasteiger partial charge in [-0.3, -0.25) is 14.9 Å². The Morgan fingerprint density at radius 1 is 1.19 bits per heavy atom. The van der Waals surface area contributed by atoms with Gasteiger partial charge in [0.05, 0.1) is 25.5 Å². The lowest BCUT2D eigenvalue weighted by Crippen LogP contribution is -2.56. The Labute approximate surface area is 178 Å². The number of hydrogen-bond acceptors (Lipinski definition) is 4. The van der Waals surface area contributed by atoms with E-state index in [0.717, 1.165) is 44.5 Å². The fourth-order valence-electron chi connectivity index (χ4n) is 3.29. The van der Waals surface area contributed by atoms with Crippen LogP contribution in [0.2, 0.25) is 0 Å². The molecule has 2 aromatic rings. The van der Waals surface area contributed by atoms with Crippen molar-refractivity contribution in [2.24, 2.45) is 4.99 Å². The third-order valence-electron chi connectivity index (χ3n) is 4.96. The summed E-state index contributed by atoms with van der Waals surface area (Å²) >= 11 is 0. The fourth-order valence-corrected chi connectivity index (χ4v) is 3.29. The van der Waals surface area contributed by atoms with Gasteiger partial charge in [-0.1, -0.05) is 24.3 Å². The SMILES string of the molecule is CN=C(NCc1nccc2ccccc12)NCC(C)(C)N1CCOCC1.I. The van der Waals surface area contributed by atoms with Crippen LogP contribution in [-0.2, 0) is 11.3 Å². The Morgan fingerprint density at radius 2 is 1.93 bits per heavy atom. The molecule has 0 amide bonds. The molecule has 0 saturated carbocycles. The van der Waals surface area contributed by atoms with Gasteiger partial charge in [0.15, 0.2) is 5.96 Å². The number of fused-ring (bicyclic) bond motifs is 1. The number of morpholine rings is 1. The molecule has 0 atom stereocenters. The van der Waals surface area contributed by atoms with Crippen LogP contribution in [0.4, 0.5) is 0 Å². The van der Waals surface area contributed by atoms with Crippen LogP contribution < -0.4 is 10.6 Å². The minimum Gasteiger partial charge on any atom is -0.379 e. The van der Waals surface area contributed by atoms with Crippen molar-refractivity contribution < 1.29 is 4.74 Å². The summed E-state index contributed by atoms with van der Waals surface area (Å²) in [6, 6.07) is 10.4. The lowest BCUT2D eigenvalue weighted by molar-refractivity contribution is -0.00834. The van der Waals surface area contributed by atoms with Crippen molar-refractivity contribution in [3.63, 3.8) is 0 Å². The number of rotatable bonds is 5. The first kappa shape index (κ1) is 21.8. The molecule has 0 bridgehead atoms. The molecule has 3 rings (SSSR count). The third-order valence-corrected chi connectivity index (χ3v) is 4.96. The molecule has 1 fully saturated rings. The summed E-state index contributed by atoms with van der Waals surface area (Å²) in [4.78, 5) is 11.3. The summed E-state index contributed by atoms with van der Waals surface area (Å²) in [6.45, 7) is 9.53. The van der Waals surface area contributed by atoms with Crippen molar-refractivity contribution in [1.29, 1.82) is 0 Å². The van der Waals surface area contributed by atoms with Gasteiger partial charge in [0.2, 0.25) is 0 Å². The number of ether oxygens (including phenoxy) is 1. The maximum Gasteiger partial charge on any atom is 0.191 e. The van der Waals surface area contributed by atoms with Crippen molar-refractivity contribution >= 4 is 40.7 Å². The molecule has 2 heterocycles. The van der Waals surface area contributed by atoms with Gasteiger partial charge < -0.3 is 15.4 Å². The normalized spacial score (nSPS) is 16.0. The standard InChI is InChI=1S/C20H29N5O.HI/c1-20(2,25-10-12-26-13-11-25)15-24-19(21-3)23-14-18-17-7-5-4-6-16(17)8-9-22-18;/h4-9H,10-15H2,1-3H3,(H2,21,23,24);1H. The molecule has 0 aliphatic carbocycles. The molecule has 6 nitrogen and oxygen atoms in total. The summed E-state index contributed by atoms with van der Waals surface area (Å²) in [5.41, 5.74) is 1.07. The summed E-state index contributed by atoms with van der Waals surface area (Å²) < 4.78 is 5.46. The van der Waals surface area contributed by atoms with Crippen molar-refractivity contribution in [2.75, 3.05) is 39.9 Å². The molecule has 1 aromatic heterocycles. The van der Waals surface area contributed by atoms with Crippen molar-refractivity contribution in [3.8, 4) is 0 Å². The Balaban J connectivity index is 0.00000261. The highest BCUT2D eigenvalue weighted by Crippen LogP contribution is 2.16. The van der Waals surface area contributed by atoms with Crippen LogP contribution in [-0.4, -0.2) is 61.3 Å². The van der Waals surface area contributed by atoms with E-state index >= 15 is 0 Å². The van der Waals surface area contributed by atoms with Crippen LogP contribution >= 0.6 is 24.0 Å². The first-order valence-corrected chi connectivity index (χ1v) is 9.20. The molecule has 0 radical (unpaired) electrons. The van der Waals surface area contributed by atoms with Gasteiger partial charge in [0, 0.05) is 43.8 Å². The van der Waals surface area contributed by atoms with E-state index in [9.17, 15) is 0 Å². The van der Waals surface area contributed by atoms with Crippen molar-refractivity contribution in [3.05, 3.63) is 42.2 Å². The number of hydrogen-bond donors (Lipinski definition) is 2. The van der Waals surface area contributed by atoms with Gasteiger partial charge in [-0.15, -0.1) is 24.0 Å². The topological polar surface area (TPSA) is 61.8 Å². The second-order valence-corrected chi connectivity index (χ2v) is 7.17. The van der Waals surface area contributed by atoms with Gasteiger partial charge in [-0.25, -0.2) is 0 Å². The predicted octanol–water partition coefficient (Wildman–Crippen LogP) is 2.63. The van der Waals surface area contributed by atoms with Gasteiger partial charge in [0.25, 0.3) is 0 Å². The highest BCUT2D eigenvalue weighted by molar-refractivity contribution is 14.0. The molecular formula is C20H30IN5O. The molecule has 1 aliphatic heterocycles. The van der Waals surface area contributed by atoms with E-state index in [1.54, 1.807) is 7.05 Å². The second kappa shape index (κ2) is 10.2. The smallest absolute Gasteiger partial charge is 0.191 e. The monoisotopic (exact) mass is 483 g/mol. The zero-order chi connectivity index (χ0) is 18.4. The van der Waals surface area contributed by atoms with Gasteiger partial charge in [0.1, 0.15) is 0 Å². The quantitative estimate of drug-likeness (QED) is 0.389. The number of halogens is 1. The van der Waals surface area contributed by atoms with Crippen LogP contribution in [0.3, 0.4) is 0 Å². The zero-order valence-electron chi connectivity index (χ0n) is 16.4. The van der Waals surface area contributed by atoms with Crippen molar-refractivity contribution in [2.45, 2.75) is 25.9 Å². The van der Waals surface area contributed by atoms with E-state index in [0.29, 0.717) is 6.54 Å². The van der Waals surface area contributed by atoms with Crippen LogP contribution in [0.25, 0.3) is 10.8 Å². The number of pyridine rings is 1. The highest BCUT2D eigenvalue weighted by Gasteiger charge is 2.28. The van der Waals surface area contributed by atoms with Gasteiger partial charge in [-0.2, -0.15) is 0 Å². The molecule has 1 aromatic carbocycles. The molecule has 1 saturated heterocycles. The van der Waals surface area contributed by atoms with Crippen LogP contribution in [0.15, 0.2) is 41.5 Å².